The van der Waals surface area contributed by atoms with Crippen LogP contribution in [0.1, 0.15) is 37.3 Å². The van der Waals surface area contributed by atoms with Crippen LogP contribution < -0.4 is 16.2 Å². The maximum absolute atomic E-state index is 10.6. The number of hydrogen-bond donors (Lipinski definition) is 2. The number of ether oxygens (including phenoxy) is 1. The summed E-state index contributed by atoms with van der Waals surface area (Å²) < 4.78 is 5.25. The molecule has 0 spiro atoms. The number of benzene rings is 1. The van der Waals surface area contributed by atoms with Crippen LogP contribution in [0.15, 0.2) is 18.2 Å². The minimum absolute atomic E-state index is 0.147. The molecule has 100 valence electrons. The fraction of sp³-hybridized carbons (Fsp3) is 0.462. The molecule has 1 unspecified atom stereocenters. The van der Waals surface area contributed by atoms with Crippen molar-refractivity contribution in [3.63, 3.8) is 0 Å². The van der Waals surface area contributed by atoms with Gasteiger partial charge < -0.3 is 16.2 Å². The van der Waals surface area contributed by atoms with E-state index in [1.165, 1.54) is 0 Å². The largest absolute Gasteiger partial charge is 0.496 e. The number of carbonyl (C=O) groups is 1. The highest BCUT2D eigenvalue weighted by atomic mass is 35.5. The van der Waals surface area contributed by atoms with Gasteiger partial charge in [0, 0.05) is 23.0 Å². The number of nitrogens with two attached hydrogens (primary N) is 2. The zero-order valence-corrected chi connectivity index (χ0v) is 11.2. The molecular weight excluding hydrogens is 252 g/mol. The minimum Gasteiger partial charge on any atom is -0.496 e. The lowest BCUT2D eigenvalue weighted by molar-refractivity contribution is -0.118. The Hall–Kier alpha value is -1.26. The normalized spacial score (nSPS) is 12.2. The molecule has 0 aliphatic carbocycles. The van der Waals surface area contributed by atoms with Crippen molar-refractivity contribution in [1.29, 1.82) is 0 Å². The molecule has 0 saturated heterocycles. The van der Waals surface area contributed by atoms with Crippen LogP contribution >= 0.6 is 11.6 Å². The van der Waals surface area contributed by atoms with Crippen LogP contribution in [0.3, 0.4) is 0 Å². The highest BCUT2D eigenvalue weighted by molar-refractivity contribution is 6.30. The molecule has 4 N–H and O–H groups in total. The van der Waals surface area contributed by atoms with E-state index in [1.54, 1.807) is 19.2 Å². The van der Waals surface area contributed by atoms with Gasteiger partial charge in [-0.05, 0) is 31.0 Å². The average molecular weight is 271 g/mol. The zero-order chi connectivity index (χ0) is 13.5. The lowest BCUT2D eigenvalue weighted by atomic mass is 10.0. The van der Waals surface area contributed by atoms with Gasteiger partial charge in [0.05, 0.1) is 7.11 Å². The maximum Gasteiger partial charge on any atom is 0.217 e. The maximum atomic E-state index is 10.6. The van der Waals surface area contributed by atoms with Gasteiger partial charge in [0.15, 0.2) is 0 Å². The lowest BCUT2D eigenvalue weighted by Crippen LogP contribution is -2.13. The van der Waals surface area contributed by atoms with Gasteiger partial charge in [0.25, 0.3) is 0 Å². The molecule has 0 radical (unpaired) electrons. The fourth-order valence-corrected chi connectivity index (χ4v) is 1.99. The van der Waals surface area contributed by atoms with Crippen molar-refractivity contribution in [1.82, 2.24) is 0 Å². The smallest absolute Gasteiger partial charge is 0.217 e. The van der Waals surface area contributed by atoms with E-state index in [9.17, 15) is 4.79 Å². The Balaban J connectivity index is 2.57. The number of methoxy groups -OCH3 is 1. The molecule has 5 heteroatoms. The number of amides is 1. The second kappa shape index (κ2) is 7.24. The van der Waals surface area contributed by atoms with Gasteiger partial charge in [-0.3, -0.25) is 4.79 Å². The van der Waals surface area contributed by atoms with E-state index >= 15 is 0 Å². The van der Waals surface area contributed by atoms with Crippen molar-refractivity contribution >= 4 is 17.5 Å². The van der Waals surface area contributed by atoms with Gasteiger partial charge in [-0.1, -0.05) is 18.0 Å². The Bertz CT molecular complexity index is 410. The summed E-state index contributed by atoms with van der Waals surface area (Å²) in [7, 11) is 1.60. The van der Waals surface area contributed by atoms with Gasteiger partial charge in [0.2, 0.25) is 5.91 Å². The first kappa shape index (κ1) is 14.8. The summed E-state index contributed by atoms with van der Waals surface area (Å²) in [6, 6.07) is 5.25. The Kier molecular flexibility index (Phi) is 5.95. The van der Waals surface area contributed by atoms with Crippen molar-refractivity contribution in [2.24, 2.45) is 11.5 Å². The van der Waals surface area contributed by atoms with Crippen LogP contribution in [0.25, 0.3) is 0 Å². The molecule has 1 rings (SSSR count). The fourth-order valence-electron chi connectivity index (χ4n) is 1.81. The van der Waals surface area contributed by atoms with E-state index in [1.807, 2.05) is 6.07 Å². The first-order chi connectivity index (χ1) is 8.54. The minimum atomic E-state index is -0.274. The molecule has 1 aromatic carbocycles. The summed E-state index contributed by atoms with van der Waals surface area (Å²) in [4.78, 5) is 10.6. The number of primary amides is 1. The van der Waals surface area contributed by atoms with Gasteiger partial charge >= 0.3 is 0 Å². The molecule has 0 aliphatic heterocycles. The topological polar surface area (TPSA) is 78.3 Å². The lowest BCUT2D eigenvalue weighted by Gasteiger charge is -2.15. The van der Waals surface area contributed by atoms with Gasteiger partial charge in [-0.2, -0.15) is 0 Å². The third kappa shape index (κ3) is 4.55. The Labute approximate surface area is 112 Å². The Morgan fingerprint density at radius 2 is 2.17 bits per heavy atom. The molecule has 0 fully saturated rings. The van der Waals surface area contributed by atoms with Crippen molar-refractivity contribution in [3.05, 3.63) is 28.8 Å². The molecule has 1 atom stereocenters. The average Bonchev–Trinajstić information content (AvgIpc) is 2.34. The molecule has 0 saturated carbocycles. The number of rotatable bonds is 7. The molecule has 0 aromatic heterocycles. The van der Waals surface area contributed by atoms with Crippen molar-refractivity contribution < 1.29 is 9.53 Å². The summed E-state index contributed by atoms with van der Waals surface area (Å²) >= 11 is 5.95. The second-order valence-electron chi connectivity index (χ2n) is 4.20. The number of carbonyl (C=O) groups excluding carboxylic acids is 1. The van der Waals surface area contributed by atoms with Crippen LogP contribution in [0.2, 0.25) is 5.02 Å². The molecule has 18 heavy (non-hydrogen) atoms. The number of unbranched alkanes of at least 4 members (excludes halogenated alkanes) is 1. The van der Waals surface area contributed by atoms with Crippen molar-refractivity contribution in [3.8, 4) is 5.75 Å². The molecule has 0 heterocycles. The van der Waals surface area contributed by atoms with Crippen LogP contribution in [-0.2, 0) is 4.79 Å². The second-order valence-corrected chi connectivity index (χ2v) is 4.64. The monoisotopic (exact) mass is 270 g/mol. The molecule has 4 nitrogen and oxygen atoms in total. The number of hydrogen-bond acceptors (Lipinski definition) is 3. The van der Waals surface area contributed by atoms with E-state index in [4.69, 9.17) is 27.8 Å². The SMILES string of the molecule is COc1ccc(Cl)cc1C(N)CCCCC(N)=O. The van der Waals surface area contributed by atoms with Crippen LogP contribution in [0.4, 0.5) is 0 Å². The van der Waals surface area contributed by atoms with E-state index < -0.39 is 0 Å². The highest BCUT2D eigenvalue weighted by Crippen LogP contribution is 2.29. The zero-order valence-electron chi connectivity index (χ0n) is 10.5. The Morgan fingerprint density at radius 3 is 2.78 bits per heavy atom. The van der Waals surface area contributed by atoms with Crippen LogP contribution in [0, 0.1) is 0 Å². The van der Waals surface area contributed by atoms with Gasteiger partial charge in [-0.15, -0.1) is 0 Å². The first-order valence-electron chi connectivity index (χ1n) is 5.92. The summed E-state index contributed by atoms with van der Waals surface area (Å²) in [5.41, 5.74) is 12.1. The van der Waals surface area contributed by atoms with Crippen LogP contribution in [0.5, 0.6) is 5.75 Å². The van der Waals surface area contributed by atoms with Crippen molar-refractivity contribution in [2.45, 2.75) is 31.7 Å². The molecule has 1 amide bonds. The summed E-state index contributed by atoms with van der Waals surface area (Å²) in [6.45, 7) is 0. The van der Waals surface area contributed by atoms with E-state index in [0.29, 0.717) is 11.4 Å². The number of halogens is 1. The standard InChI is InChI=1S/C13H19ClN2O2/c1-18-12-7-6-9(14)8-10(12)11(15)4-2-3-5-13(16)17/h6-8,11H,2-5,15H2,1H3,(H2,16,17). The molecule has 0 bridgehead atoms. The summed E-state index contributed by atoms with van der Waals surface area (Å²) in [5.74, 6) is 0.464. The predicted molar refractivity (Wildman–Crippen MR) is 72.6 cm³/mol. The third-order valence-corrected chi connectivity index (χ3v) is 3.01. The molecular formula is C13H19ClN2O2. The Morgan fingerprint density at radius 1 is 1.44 bits per heavy atom. The molecule has 1 aromatic rings. The van der Waals surface area contributed by atoms with Gasteiger partial charge in [0.1, 0.15) is 5.75 Å². The van der Waals surface area contributed by atoms with E-state index in [-0.39, 0.29) is 11.9 Å². The van der Waals surface area contributed by atoms with E-state index in [2.05, 4.69) is 0 Å². The summed E-state index contributed by atoms with van der Waals surface area (Å²) in [5, 5.41) is 0.637. The van der Waals surface area contributed by atoms with Gasteiger partial charge in [-0.25, -0.2) is 0 Å². The molecule has 0 aliphatic rings. The van der Waals surface area contributed by atoms with E-state index in [0.717, 1.165) is 30.6 Å². The predicted octanol–water partition coefficient (Wildman–Crippen LogP) is 2.39. The quantitative estimate of drug-likeness (QED) is 0.747. The summed E-state index contributed by atoms with van der Waals surface area (Å²) in [6.07, 6.45) is 2.77. The van der Waals surface area contributed by atoms with Crippen molar-refractivity contribution in [2.75, 3.05) is 7.11 Å². The van der Waals surface area contributed by atoms with Crippen LogP contribution in [-0.4, -0.2) is 13.0 Å². The first-order valence-corrected chi connectivity index (χ1v) is 6.29. The third-order valence-electron chi connectivity index (χ3n) is 2.78. The highest BCUT2D eigenvalue weighted by Gasteiger charge is 2.12.